The van der Waals surface area contributed by atoms with Gasteiger partial charge in [0.25, 0.3) is 0 Å². The molecule has 0 aliphatic rings. The number of carboxylic acids is 4. The molecule has 0 rings (SSSR count). The molecule has 0 radical (unpaired) electrons. The standard InChI is InChI=1S/C14H14O16.2Ca.4H/c15-5(16)1-13(27,11(23)24)3-7(19)29-9(21)10(22)30-8(20)4-14(28,12(25)26)2-6(17)18;;;;;;/h27-28H,1-4H2,(H,15,16)(H,17,18)(H,23,24)(H,25,26);;;;;;. The Morgan fingerprint density at radius 2 is 0.781 bits per heavy atom. The third-order valence-corrected chi connectivity index (χ3v) is 3.14. The summed E-state index contributed by atoms with van der Waals surface area (Å²) in [7, 11) is 0. The van der Waals surface area contributed by atoms with Gasteiger partial charge in [-0.2, -0.15) is 0 Å². The molecule has 0 spiro atoms. The topological polar surface area (TPSA) is 276 Å². The van der Waals surface area contributed by atoms with E-state index in [0.29, 0.717) is 0 Å². The first-order valence-corrected chi connectivity index (χ1v) is 7.37. The number of aliphatic hydroxyl groups is 2. The number of hydrogen-bond acceptors (Lipinski definition) is 12. The number of carbonyl (C=O) groups is 8. The zero-order valence-electron chi connectivity index (χ0n) is 14.6. The van der Waals surface area contributed by atoms with E-state index in [-0.39, 0.29) is 75.5 Å². The monoisotopic (exact) mass is 522 g/mol. The first kappa shape index (κ1) is 35.2. The third kappa shape index (κ3) is 12.0. The molecule has 0 bridgehead atoms. The minimum atomic E-state index is -3.20. The Labute approximate surface area is 236 Å². The Kier molecular flexibility index (Phi) is 16.2. The number of carbonyl (C=O) groups excluding carboxylic acids is 4. The van der Waals surface area contributed by atoms with Gasteiger partial charge in [-0.25, -0.2) is 19.2 Å². The molecule has 0 saturated carbocycles. The molecule has 2 atom stereocenters. The molecular formula is C14H18Ca2O16. The Hall–Kier alpha value is -1.40. The summed E-state index contributed by atoms with van der Waals surface area (Å²) in [5.74, 6) is -16.3. The summed E-state index contributed by atoms with van der Waals surface area (Å²) in [6.45, 7) is 0. The summed E-state index contributed by atoms with van der Waals surface area (Å²) in [4.78, 5) is 88.4. The van der Waals surface area contributed by atoms with E-state index in [4.69, 9.17) is 20.4 Å². The molecule has 6 N–H and O–H groups in total. The van der Waals surface area contributed by atoms with Crippen LogP contribution in [-0.2, 0) is 47.8 Å². The van der Waals surface area contributed by atoms with Crippen molar-refractivity contribution in [3.8, 4) is 0 Å². The van der Waals surface area contributed by atoms with Crippen molar-refractivity contribution >= 4 is 123 Å². The maximum atomic E-state index is 11.4. The Morgan fingerprint density at radius 3 is 0.969 bits per heavy atom. The summed E-state index contributed by atoms with van der Waals surface area (Å²) in [6.07, 6.45) is -6.16. The molecule has 2 unspecified atom stereocenters. The second kappa shape index (κ2) is 14.7. The van der Waals surface area contributed by atoms with Gasteiger partial charge in [0, 0.05) is 0 Å². The Balaban J connectivity index is -0.00000420. The molecule has 18 heteroatoms. The van der Waals surface area contributed by atoms with E-state index in [9.17, 15) is 48.6 Å². The van der Waals surface area contributed by atoms with Crippen molar-refractivity contribution in [2.75, 3.05) is 0 Å². The zero-order valence-corrected chi connectivity index (χ0v) is 14.6. The Morgan fingerprint density at radius 1 is 0.531 bits per heavy atom. The van der Waals surface area contributed by atoms with Crippen LogP contribution in [0.2, 0.25) is 0 Å². The molecule has 0 aromatic heterocycles. The van der Waals surface area contributed by atoms with E-state index < -0.39 is 84.6 Å². The van der Waals surface area contributed by atoms with Gasteiger partial charge in [0.1, 0.15) is 0 Å². The molecule has 0 aromatic rings. The van der Waals surface area contributed by atoms with Gasteiger partial charge in [0.2, 0.25) is 0 Å². The molecular weight excluding hydrogens is 504 g/mol. The summed E-state index contributed by atoms with van der Waals surface area (Å²) < 4.78 is 7.58. The fourth-order valence-electron chi connectivity index (χ4n) is 1.77. The molecule has 0 saturated heterocycles. The van der Waals surface area contributed by atoms with E-state index in [1.165, 1.54) is 0 Å². The normalized spacial score (nSPS) is 13.4. The SMILES string of the molecule is O=C(O)CC(O)(CC(=O)OC(=O)C(=O)OC(=O)CC(O)(CC(=O)O)C(=O)O)C(=O)O.[CaH2].[CaH2]. The van der Waals surface area contributed by atoms with Crippen LogP contribution >= 0.6 is 0 Å². The fourth-order valence-corrected chi connectivity index (χ4v) is 1.77. The van der Waals surface area contributed by atoms with Crippen LogP contribution < -0.4 is 0 Å². The van der Waals surface area contributed by atoms with Crippen LogP contribution in [0.1, 0.15) is 25.7 Å². The summed E-state index contributed by atoms with van der Waals surface area (Å²) in [5.41, 5.74) is -6.39. The van der Waals surface area contributed by atoms with Crippen LogP contribution in [0.15, 0.2) is 0 Å². The number of hydrogen-bond donors (Lipinski definition) is 6. The quantitative estimate of drug-likeness (QED) is 0.0676. The van der Waals surface area contributed by atoms with Crippen molar-refractivity contribution in [1.29, 1.82) is 0 Å². The molecule has 0 aliphatic carbocycles. The number of ether oxygens (including phenoxy) is 2. The van der Waals surface area contributed by atoms with Crippen molar-refractivity contribution in [2.45, 2.75) is 36.9 Å². The summed E-state index contributed by atoms with van der Waals surface area (Å²) >= 11 is 0. The first-order valence-electron chi connectivity index (χ1n) is 7.37. The predicted molar refractivity (Wildman–Crippen MR) is 98.2 cm³/mol. The summed E-state index contributed by atoms with van der Waals surface area (Å²) in [5, 5.41) is 53.7. The van der Waals surface area contributed by atoms with Gasteiger partial charge in [0.05, 0.1) is 25.7 Å². The second-order valence-electron chi connectivity index (χ2n) is 5.69. The zero-order chi connectivity index (χ0) is 23.9. The van der Waals surface area contributed by atoms with Gasteiger partial charge in [-0.05, 0) is 0 Å². The number of esters is 4. The summed E-state index contributed by atoms with van der Waals surface area (Å²) in [6, 6.07) is 0. The molecule has 0 aromatic carbocycles. The Bertz CT molecular complexity index is 741. The van der Waals surface area contributed by atoms with Gasteiger partial charge >= 0.3 is 123 Å². The fraction of sp³-hybridized carbons (Fsp3) is 0.429. The van der Waals surface area contributed by atoms with Crippen molar-refractivity contribution in [1.82, 2.24) is 0 Å². The van der Waals surface area contributed by atoms with Crippen LogP contribution in [0.4, 0.5) is 0 Å². The predicted octanol–water partition coefficient (Wildman–Crippen LogP) is -5.35. The van der Waals surface area contributed by atoms with E-state index >= 15 is 0 Å². The molecule has 0 heterocycles. The van der Waals surface area contributed by atoms with Crippen molar-refractivity contribution in [2.24, 2.45) is 0 Å². The van der Waals surface area contributed by atoms with Crippen LogP contribution in [0.5, 0.6) is 0 Å². The van der Waals surface area contributed by atoms with E-state index in [1.54, 1.807) is 0 Å². The molecule has 0 amide bonds. The van der Waals surface area contributed by atoms with Crippen LogP contribution in [0, 0.1) is 0 Å². The molecule has 174 valence electrons. The van der Waals surface area contributed by atoms with Crippen LogP contribution in [0.3, 0.4) is 0 Å². The number of aliphatic carboxylic acids is 4. The van der Waals surface area contributed by atoms with E-state index in [0.717, 1.165) is 0 Å². The van der Waals surface area contributed by atoms with E-state index in [1.807, 2.05) is 0 Å². The second-order valence-corrected chi connectivity index (χ2v) is 5.69. The van der Waals surface area contributed by atoms with Crippen molar-refractivity contribution in [3.05, 3.63) is 0 Å². The molecule has 32 heavy (non-hydrogen) atoms. The molecule has 0 fully saturated rings. The van der Waals surface area contributed by atoms with Gasteiger partial charge < -0.3 is 40.1 Å². The van der Waals surface area contributed by atoms with Gasteiger partial charge in [-0.15, -0.1) is 0 Å². The molecule has 16 nitrogen and oxygen atoms in total. The van der Waals surface area contributed by atoms with Crippen LogP contribution in [-0.4, -0.2) is 165 Å². The minimum absolute atomic E-state index is 0. The molecule has 0 aliphatic heterocycles. The average molecular weight is 522 g/mol. The number of carboxylic acid groups (broad SMARTS) is 4. The maximum absolute atomic E-state index is 11.4. The van der Waals surface area contributed by atoms with Gasteiger partial charge in [0.15, 0.2) is 11.2 Å². The van der Waals surface area contributed by atoms with E-state index in [2.05, 4.69) is 9.47 Å². The first-order chi connectivity index (χ1) is 13.5. The van der Waals surface area contributed by atoms with Crippen molar-refractivity contribution < 1.29 is 78.5 Å². The van der Waals surface area contributed by atoms with Gasteiger partial charge in [-0.3, -0.25) is 19.2 Å². The third-order valence-electron chi connectivity index (χ3n) is 3.14. The van der Waals surface area contributed by atoms with Gasteiger partial charge in [-0.1, -0.05) is 0 Å². The number of rotatable bonds is 10. The van der Waals surface area contributed by atoms with Crippen molar-refractivity contribution in [3.63, 3.8) is 0 Å². The van der Waals surface area contributed by atoms with Crippen LogP contribution in [0.25, 0.3) is 0 Å². The average Bonchev–Trinajstić information content (AvgIpc) is 2.51.